The van der Waals surface area contributed by atoms with Gasteiger partial charge in [-0.05, 0) is 78.6 Å². The van der Waals surface area contributed by atoms with Crippen LogP contribution in [0.4, 0.5) is 4.39 Å². The molecule has 34 heavy (non-hydrogen) atoms. The largest absolute Gasteiger partial charge is 0.292 e. The van der Waals surface area contributed by atoms with Crippen molar-refractivity contribution in [1.82, 2.24) is 10.0 Å². The number of imide groups is 1. The molecule has 0 N–H and O–H groups in total. The van der Waals surface area contributed by atoms with Gasteiger partial charge >= 0.3 is 0 Å². The second kappa shape index (κ2) is 7.60. The van der Waals surface area contributed by atoms with Gasteiger partial charge in [-0.1, -0.05) is 23.8 Å². The van der Waals surface area contributed by atoms with E-state index in [0.717, 1.165) is 28.6 Å². The van der Waals surface area contributed by atoms with Gasteiger partial charge in [0, 0.05) is 16.1 Å². The number of carbonyl (C=O) groups excluding carboxylic acids is 4. The Morgan fingerprint density at radius 1 is 0.882 bits per heavy atom. The Morgan fingerprint density at radius 3 is 1.97 bits per heavy atom. The minimum Gasteiger partial charge on any atom is -0.292 e. The summed E-state index contributed by atoms with van der Waals surface area (Å²) in [7, 11) is 0. The molecule has 2 bridgehead atoms. The number of benzene rings is 2. The van der Waals surface area contributed by atoms with E-state index in [1.165, 1.54) is 36.4 Å². The van der Waals surface area contributed by atoms with Crippen molar-refractivity contribution in [3.8, 4) is 0 Å². The van der Waals surface area contributed by atoms with E-state index >= 15 is 0 Å². The van der Waals surface area contributed by atoms with Crippen LogP contribution in [0.15, 0.2) is 60.7 Å². The summed E-state index contributed by atoms with van der Waals surface area (Å²) in [5, 5.41) is 2.26. The van der Waals surface area contributed by atoms with Crippen LogP contribution in [0.3, 0.4) is 0 Å². The Bertz CT molecular complexity index is 1220. The Hall–Kier alpha value is -3.32. The fraction of sp³-hybridized carbons (Fsp3) is 0.308. The molecule has 3 amide bonds. The van der Waals surface area contributed by atoms with Crippen molar-refractivity contribution in [3.05, 3.63) is 82.6 Å². The number of halogens is 2. The molecule has 0 spiro atoms. The van der Waals surface area contributed by atoms with E-state index in [-0.39, 0.29) is 23.0 Å². The number of amides is 3. The van der Waals surface area contributed by atoms with Gasteiger partial charge < -0.3 is 0 Å². The molecule has 8 heteroatoms. The first-order valence-electron chi connectivity index (χ1n) is 11.3. The standard InChI is InChI=1S/C26H20ClFN2O4/c27-15-5-1-14(2-6-15)24(32)29(12-21(31)13-3-7-16(28)8-4-13)30-25(33)22-17-9-10-18(20-11-19(17)20)23(22)26(30)34/h1-10,17-20,22-23H,11-12H2/t17-,18-,19-,20-,22+,23+/m0/s1. The number of hydrazine groups is 1. The van der Waals surface area contributed by atoms with Crippen LogP contribution in [0.1, 0.15) is 27.1 Å². The smallest absolute Gasteiger partial charge is 0.273 e. The fourth-order valence-electron chi connectivity index (χ4n) is 6.02. The van der Waals surface area contributed by atoms with Gasteiger partial charge in [-0.3, -0.25) is 19.2 Å². The summed E-state index contributed by atoms with van der Waals surface area (Å²) in [4.78, 5) is 53.8. The van der Waals surface area contributed by atoms with Gasteiger partial charge in [-0.15, -0.1) is 0 Å². The lowest BCUT2D eigenvalue weighted by molar-refractivity contribution is -0.154. The van der Waals surface area contributed by atoms with Crippen LogP contribution in [0.2, 0.25) is 5.02 Å². The number of ketones is 1. The molecule has 3 fully saturated rings. The summed E-state index contributed by atoms with van der Waals surface area (Å²) in [6.45, 7) is -0.528. The molecule has 1 aliphatic heterocycles. The maximum absolute atomic E-state index is 13.6. The van der Waals surface area contributed by atoms with Gasteiger partial charge in [0.05, 0.1) is 11.8 Å². The number of hydrogen-bond donors (Lipinski definition) is 0. The van der Waals surface area contributed by atoms with Crippen molar-refractivity contribution < 1.29 is 23.6 Å². The topological polar surface area (TPSA) is 74.8 Å². The average molecular weight is 479 g/mol. The van der Waals surface area contributed by atoms with Crippen molar-refractivity contribution in [2.75, 3.05) is 6.54 Å². The molecule has 4 aliphatic carbocycles. The Balaban J connectivity index is 1.36. The molecule has 0 unspecified atom stereocenters. The molecule has 0 radical (unpaired) electrons. The van der Waals surface area contributed by atoms with Crippen LogP contribution in [-0.2, 0) is 9.59 Å². The molecule has 6 nitrogen and oxygen atoms in total. The molecule has 172 valence electrons. The van der Waals surface area contributed by atoms with Crippen molar-refractivity contribution in [2.45, 2.75) is 6.42 Å². The van der Waals surface area contributed by atoms with Gasteiger partial charge in [-0.2, -0.15) is 5.01 Å². The third-order valence-corrected chi connectivity index (χ3v) is 7.92. The van der Waals surface area contributed by atoms with E-state index in [4.69, 9.17) is 11.6 Å². The summed E-state index contributed by atoms with van der Waals surface area (Å²) in [6.07, 6.45) is 5.11. The highest BCUT2D eigenvalue weighted by molar-refractivity contribution is 6.30. The summed E-state index contributed by atoms with van der Waals surface area (Å²) >= 11 is 5.95. The third-order valence-electron chi connectivity index (χ3n) is 7.67. The lowest BCUT2D eigenvalue weighted by Gasteiger charge is -2.37. The molecule has 7 rings (SSSR count). The van der Waals surface area contributed by atoms with E-state index in [0.29, 0.717) is 16.9 Å². The van der Waals surface area contributed by atoms with Crippen molar-refractivity contribution in [3.63, 3.8) is 0 Å². The van der Waals surface area contributed by atoms with Gasteiger partial charge in [0.1, 0.15) is 12.4 Å². The Morgan fingerprint density at radius 2 is 1.41 bits per heavy atom. The second-order valence-corrected chi connectivity index (χ2v) is 9.88. The maximum Gasteiger partial charge on any atom is 0.273 e. The molecule has 2 aromatic rings. The molecule has 1 saturated heterocycles. The van der Waals surface area contributed by atoms with E-state index in [9.17, 15) is 23.6 Å². The minimum absolute atomic E-state index is 0.0123. The number of carbonyl (C=O) groups is 4. The molecular weight excluding hydrogens is 459 g/mol. The Labute approximate surface area is 199 Å². The van der Waals surface area contributed by atoms with Crippen LogP contribution in [0, 0.1) is 41.3 Å². The first kappa shape index (κ1) is 21.2. The monoisotopic (exact) mass is 478 g/mol. The number of rotatable bonds is 5. The molecule has 1 heterocycles. The van der Waals surface area contributed by atoms with Crippen LogP contribution in [-0.4, -0.2) is 40.1 Å². The highest BCUT2D eigenvalue weighted by Gasteiger charge is 2.68. The average Bonchev–Trinajstić information content (AvgIpc) is 3.62. The molecule has 2 aromatic carbocycles. The summed E-state index contributed by atoms with van der Waals surface area (Å²) in [5.41, 5.74) is 0.366. The number of Topliss-reactive ketones (excluding diaryl/α,β-unsaturated/α-hetero) is 1. The third kappa shape index (κ3) is 3.14. The normalized spacial score (nSPS) is 30.2. The quantitative estimate of drug-likeness (QED) is 0.372. The first-order chi connectivity index (χ1) is 16.3. The van der Waals surface area contributed by atoms with Crippen LogP contribution in [0.25, 0.3) is 0 Å². The summed E-state index contributed by atoms with van der Waals surface area (Å²) < 4.78 is 13.3. The molecule has 5 aliphatic rings. The van der Waals surface area contributed by atoms with Crippen molar-refractivity contribution in [2.24, 2.45) is 35.5 Å². The van der Waals surface area contributed by atoms with Crippen molar-refractivity contribution >= 4 is 35.1 Å². The second-order valence-electron chi connectivity index (χ2n) is 9.44. The maximum atomic E-state index is 13.6. The molecule has 0 aromatic heterocycles. The van der Waals surface area contributed by atoms with Crippen LogP contribution in [0.5, 0.6) is 0 Å². The van der Waals surface area contributed by atoms with E-state index in [1.807, 2.05) is 12.2 Å². The highest BCUT2D eigenvalue weighted by Crippen LogP contribution is 2.65. The molecule has 2 saturated carbocycles. The fourth-order valence-corrected chi connectivity index (χ4v) is 6.14. The predicted octanol–water partition coefficient (Wildman–Crippen LogP) is 3.77. The zero-order valence-electron chi connectivity index (χ0n) is 17.9. The van der Waals surface area contributed by atoms with Gasteiger partial charge in [0.15, 0.2) is 5.78 Å². The zero-order chi connectivity index (χ0) is 23.7. The van der Waals surface area contributed by atoms with Crippen LogP contribution < -0.4 is 0 Å². The van der Waals surface area contributed by atoms with E-state index < -0.39 is 47.7 Å². The van der Waals surface area contributed by atoms with Crippen molar-refractivity contribution in [1.29, 1.82) is 0 Å². The first-order valence-corrected chi connectivity index (χ1v) is 11.6. The van der Waals surface area contributed by atoms with Gasteiger partial charge in [-0.25, -0.2) is 9.40 Å². The number of hydrogen-bond acceptors (Lipinski definition) is 4. The summed E-state index contributed by atoms with van der Waals surface area (Å²) in [5.74, 6) is -2.75. The number of allylic oxidation sites excluding steroid dienone is 2. The molecular formula is C26H20ClFN2O4. The van der Waals surface area contributed by atoms with Gasteiger partial charge in [0.2, 0.25) is 0 Å². The Kier molecular flexibility index (Phi) is 4.74. The summed E-state index contributed by atoms with van der Waals surface area (Å²) in [6, 6.07) is 10.9. The number of nitrogens with zero attached hydrogens (tertiary/aromatic N) is 2. The van der Waals surface area contributed by atoms with E-state index in [1.54, 1.807) is 0 Å². The predicted molar refractivity (Wildman–Crippen MR) is 120 cm³/mol. The van der Waals surface area contributed by atoms with Crippen LogP contribution >= 0.6 is 11.6 Å². The lowest BCUT2D eigenvalue weighted by atomic mass is 9.63. The minimum atomic E-state index is -0.655. The zero-order valence-corrected chi connectivity index (χ0v) is 18.7. The highest BCUT2D eigenvalue weighted by atomic mass is 35.5. The van der Waals surface area contributed by atoms with Gasteiger partial charge in [0.25, 0.3) is 17.7 Å². The lowest BCUT2D eigenvalue weighted by Crippen LogP contribution is -2.52. The van der Waals surface area contributed by atoms with E-state index in [2.05, 4.69) is 0 Å². The molecule has 6 atom stereocenters. The SMILES string of the molecule is O=C(CN(C(=O)c1ccc(Cl)cc1)N1C(=O)[C@@H]2[C@H]3C=C[C@@H]([C@@H]4C[C@@H]34)[C@H]2C1=O)c1ccc(F)cc1.